The third-order valence-corrected chi connectivity index (χ3v) is 8.44. The summed E-state index contributed by atoms with van der Waals surface area (Å²) in [4.78, 5) is 12.9. The number of sulfonamides is 1. The number of nitrogens with zero attached hydrogens (tertiary/aromatic N) is 1. The van der Waals surface area contributed by atoms with Crippen LogP contribution in [-0.4, -0.2) is 44.9 Å². The lowest BCUT2D eigenvalue weighted by Gasteiger charge is -2.30. The van der Waals surface area contributed by atoms with Crippen LogP contribution in [0.5, 0.6) is 11.5 Å². The highest BCUT2D eigenvalue weighted by atomic mass is 32.2. The van der Waals surface area contributed by atoms with Crippen molar-refractivity contribution in [3.05, 3.63) is 48.0 Å². The van der Waals surface area contributed by atoms with Gasteiger partial charge in [0.1, 0.15) is 0 Å². The van der Waals surface area contributed by atoms with Crippen LogP contribution in [0.25, 0.3) is 0 Å². The molecule has 2 aliphatic rings. The molecule has 1 fully saturated rings. The summed E-state index contributed by atoms with van der Waals surface area (Å²) >= 11 is 0. The second kappa shape index (κ2) is 10.1. The molecule has 33 heavy (non-hydrogen) atoms. The lowest BCUT2D eigenvalue weighted by molar-refractivity contribution is -0.120. The fraction of sp³-hybridized carbons (Fsp3) is 0.480. The van der Waals surface area contributed by atoms with Crippen molar-refractivity contribution in [1.29, 1.82) is 0 Å². The van der Waals surface area contributed by atoms with E-state index in [0.29, 0.717) is 56.6 Å². The first-order valence-corrected chi connectivity index (χ1v) is 13.1. The van der Waals surface area contributed by atoms with E-state index in [0.717, 1.165) is 18.5 Å². The minimum atomic E-state index is -3.66. The monoisotopic (exact) mass is 472 g/mol. The molecule has 0 aromatic heterocycles. The minimum Gasteiger partial charge on any atom is -0.490 e. The molecule has 0 aliphatic carbocycles. The summed E-state index contributed by atoms with van der Waals surface area (Å²) in [6.45, 7) is 6.00. The van der Waals surface area contributed by atoms with Gasteiger partial charge in [0.25, 0.3) is 0 Å². The highest BCUT2D eigenvalue weighted by molar-refractivity contribution is 7.89. The Labute approximate surface area is 196 Å². The SMILES string of the molecule is CCC(C)c1ccc(NC(=O)C2CCN(S(=O)(=O)c3ccc4c(c3)OCCCO4)CC2)cc1. The molecule has 4 rings (SSSR count). The van der Waals surface area contributed by atoms with Crippen molar-refractivity contribution in [2.75, 3.05) is 31.6 Å². The summed E-state index contributed by atoms with van der Waals surface area (Å²) in [5.41, 5.74) is 2.03. The standard InChI is InChI=1S/C25H32N2O5S/c1-3-18(2)19-5-7-21(8-6-19)26-25(28)20-11-13-27(14-12-20)33(29,30)22-9-10-23-24(17-22)32-16-4-15-31-23/h5-10,17-18,20H,3-4,11-16H2,1-2H3,(H,26,28). The molecule has 1 saturated heterocycles. The van der Waals surface area contributed by atoms with Crippen LogP contribution < -0.4 is 14.8 Å². The Hall–Kier alpha value is -2.58. The van der Waals surface area contributed by atoms with E-state index in [-0.39, 0.29) is 16.7 Å². The van der Waals surface area contributed by atoms with Crippen LogP contribution in [0.2, 0.25) is 0 Å². The number of hydrogen-bond acceptors (Lipinski definition) is 5. The molecular formula is C25H32N2O5S. The maximum atomic E-state index is 13.2. The van der Waals surface area contributed by atoms with E-state index in [1.54, 1.807) is 12.1 Å². The number of carbonyl (C=O) groups is 1. The first-order valence-electron chi connectivity index (χ1n) is 11.7. The molecule has 0 spiro atoms. The van der Waals surface area contributed by atoms with E-state index in [1.165, 1.54) is 15.9 Å². The number of hydrogen-bond donors (Lipinski definition) is 1. The van der Waals surface area contributed by atoms with Crippen molar-refractivity contribution < 1.29 is 22.7 Å². The number of anilines is 1. The molecule has 8 heteroatoms. The number of nitrogens with one attached hydrogen (secondary N) is 1. The van der Waals surface area contributed by atoms with Crippen molar-refractivity contribution in [3.63, 3.8) is 0 Å². The van der Waals surface area contributed by atoms with Gasteiger partial charge >= 0.3 is 0 Å². The van der Waals surface area contributed by atoms with Gasteiger partial charge in [-0.25, -0.2) is 8.42 Å². The van der Waals surface area contributed by atoms with Crippen molar-refractivity contribution in [2.24, 2.45) is 5.92 Å². The van der Waals surface area contributed by atoms with E-state index in [4.69, 9.17) is 9.47 Å². The zero-order chi connectivity index (χ0) is 23.4. The molecule has 7 nitrogen and oxygen atoms in total. The van der Waals surface area contributed by atoms with Crippen LogP contribution in [-0.2, 0) is 14.8 Å². The Bertz CT molecular complexity index is 1080. The summed E-state index contributed by atoms with van der Waals surface area (Å²) in [5, 5.41) is 2.98. The van der Waals surface area contributed by atoms with Gasteiger partial charge in [0, 0.05) is 37.2 Å². The number of fused-ring (bicyclic) bond motifs is 1. The number of piperidine rings is 1. The molecule has 2 heterocycles. The average Bonchev–Trinajstić information content (AvgIpc) is 3.09. The van der Waals surface area contributed by atoms with Crippen LogP contribution >= 0.6 is 0 Å². The van der Waals surface area contributed by atoms with E-state index >= 15 is 0 Å². The fourth-order valence-corrected chi connectivity index (χ4v) is 5.67. The third kappa shape index (κ3) is 5.33. The molecule has 1 N–H and O–H groups in total. The van der Waals surface area contributed by atoms with Gasteiger partial charge in [-0.2, -0.15) is 4.31 Å². The summed E-state index contributed by atoms with van der Waals surface area (Å²) < 4.78 is 39.0. The Kier molecular flexibility index (Phi) is 7.24. The van der Waals surface area contributed by atoms with Crippen LogP contribution in [0, 0.1) is 5.92 Å². The molecular weight excluding hydrogens is 440 g/mol. The molecule has 0 saturated carbocycles. The maximum absolute atomic E-state index is 13.2. The van der Waals surface area contributed by atoms with Crippen molar-refractivity contribution >= 4 is 21.6 Å². The molecule has 178 valence electrons. The number of amides is 1. The number of carbonyl (C=O) groups excluding carboxylic acids is 1. The van der Waals surface area contributed by atoms with Crippen LogP contribution in [0.15, 0.2) is 47.4 Å². The van der Waals surface area contributed by atoms with Gasteiger partial charge in [-0.3, -0.25) is 4.79 Å². The second-order valence-corrected chi connectivity index (χ2v) is 10.7. The Balaban J connectivity index is 1.36. The molecule has 0 bridgehead atoms. The predicted molar refractivity (Wildman–Crippen MR) is 127 cm³/mol. The Morgan fingerprint density at radius 3 is 2.39 bits per heavy atom. The minimum absolute atomic E-state index is 0.0566. The number of benzene rings is 2. The molecule has 2 aromatic carbocycles. The Morgan fingerprint density at radius 1 is 1.06 bits per heavy atom. The van der Waals surface area contributed by atoms with Gasteiger partial charge in [0.2, 0.25) is 15.9 Å². The van der Waals surface area contributed by atoms with Gasteiger partial charge in [0.05, 0.1) is 18.1 Å². The fourth-order valence-electron chi connectivity index (χ4n) is 4.19. The van der Waals surface area contributed by atoms with E-state index in [1.807, 2.05) is 24.3 Å². The van der Waals surface area contributed by atoms with Crippen LogP contribution in [0.4, 0.5) is 5.69 Å². The van der Waals surface area contributed by atoms with Gasteiger partial charge in [-0.05, 0) is 55.0 Å². The normalized spacial score (nSPS) is 18.4. The quantitative estimate of drug-likeness (QED) is 0.674. The summed E-state index contributed by atoms with van der Waals surface area (Å²) in [6.07, 6.45) is 2.80. The first-order chi connectivity index (χ1) is 15.9. The van der Waals surface area contributed by atoms with Crippen molar-refractivity contribution in [2.45, 2.75) is 50.3 Å². The maximum Gasteiger partial charge on any atom is 0.243 e. The predicted octanol–water partition coefficient (Wildman–Crippen LogP) is 4.40. The van der Waals surface area contributed by atoms with E-state index in [9.17, 15) is 13.2 Å². The average molecular weight is 473 g/mol. The highest BCUT2D eigenvalue weighted by Gasteiger charge is 2.32. The molecule has 0 radical (unpaired) electrons. The highest BCUT2D eigenvalue weighted by Crippen LogP contribution is 2.34. The second-order valence-electron chi connectivity index (χ2n) is 8.76. The Morgan fingerprint density at radius 2 is 1.73 bits per heavy atom. The zero-order valence-electron chi connectivity index (χ0n) is 19.2. The zero-order valence-corrected chi connectivity index (χ0v) is 20.1. The van der Waals surface area contributed by atoms with Gasteiger partial charge in [-0.15, -0.1) is 0 Å². The number of ether oxygens (including phenoxy) is 2. The molecule has 1 atom stereocenters. The summed E-state index contributed by atoms with van der Waals surface area (Å²) in [6, 6.07) is 12.7. The molecule has 2 aromatic rings. The summed E-state index contributed by atoms with van der Waals surface area (Å²) in [5.74, 6) is 1.24. The molecule has 2 aliphatic heterocycles. The van der Waals surface area contributed by atoms with E-state index in [2.05, 4.69) is 19.2 Å². The lowest BCUT2D eigenvalue weighted by atomic mass is 9.96. The third-order valence-electron chi connectivity index (χ3n) is 6.54. The number of rotatable bonds is 6. The van der Waals surface area contributed by atoms with Crippen molar-refractivity contribution in [3.8, 4) is 11.5 Å². The van der Waals surface area contributed by atoms with Gasteiger partial charge in [0.15, 0.2) is 11.5 Å². The molecule has 1 unspecified atom stereocenters. The topological polar surface area (TPSA) is 84.9 Å². The molecule has 1 amide bonds. The van der Waals surface area contributed by atoms with Gasteiger partial charge in [-0.1, -0.05) is 26.0 Å². The summed E-state index contributed by atoms with van der Waals surface area (Å²) in [7, 11) is -3.66. The van der Waals surface area contributed by atoms with Crippen molar-refractivity contribution in [1.82, 2.24) is 4.31 Å². The van der Waals surface area contributed by atoms with E-state index < -0.39 is 10.0 Å². The van der Waals surface area contributed by atoms with Gasteiger partial charge < -0.3 is 14.8 Å². The van der Waals surface area contributed by atoms with Crippen LogP contribution in [0.3, 0.4) is 0 Å². The largest absolute Gasteiger partial charge is 0.490 e. The van der Waals surface area contributed by atoms with Crippen LogP contribution in [0.1, 0.15) is 51.0 Å². The first kappa shape index (κ1) is 23.6. The lowest BCUT2D eigenvalue weighted by Crippen LogP contribution is -2.41. The smallest absolute Gasteiger partial charge is 0.243 e.